The highest BCUT2D eigenvalue weighted by atomic mass is 32.1. The first-order chi connectivity index (χ1) is 11.6. The van der Waals surface area contributed by atoms with E-state index in [1.807, 2.05) is 29.6 Å². The second-order valence-electron chi connectivity index (χ2n) is 5.22. The molecule has 0 aliphatic heterocycles. The van der Waals surface area contributed by atoms with Gasteiger partial charge in [-0.05, 0) is 35.6 Å². The molecule has 2 aromatic rings. The molecule has 5 nitrogen and oxygen atoms in total. The first-order valence-corrected chi connectivity index (χ1v) is 8.39. The summed E-state index contributed by atoms with van der Waals surface area (Å²) >= 11 is 1.49. The van der Waals surface area contributed by atoms with E-state index >= 15 is 0 Å². The third-order valence-corrected chi connectivity index (χ3v) is 4.53. The van der Waals surface area contributed by atoms with E-state index in [9.17, 15) is 9.59 Å². The minimum Gasteiger partial charge on any atom is -0.469 e. The molecule has 0 saturated heterocycles. The van der Waals surface area contributed by atoms with E-state index in [4.69, 9.17) is 10.00 Å². The lowest BCUT2D eigenvalue weighted by atomic mass is 10.1. The number of rotatable bonds is 7. The molecule has 1 N–H and O–H groups in total. The molecule has 0 bridgehead atoms. The lowest BCUT2D eigenvalue weighted by Gasteiger charge is -2.16. The van der Waals surface area contributed by atoms with Crippen LogP contribution in [0.3, 0.4) is 0 Å². The summed E-state index contributed by atoms with van der Waals surface area (Å²) in [5, 5.41) is 13.6. The van der Waals surface area contributed by atoms with Crippen LogP contribution in [0.4, 0.5) is 0 Å². The maximum atomic E-state index is 12.2. The van der Waals surface area contributed by atoms with Gasteiger partial charge in [-0.3, -0.25) is 9.59 Å². The lowest BCUT2D eigenvalue weighted by Crippen LogP contribution is -2.30. The molecule has 24 heavy (non-hydrogen) atoms. The van der Waals surface area contributed by atoms with Crippen LogP contribution in [0.1, 0.15) is 34.9 Å². The van der Waals surface area contributed by atoms with Crippen LogP contribution in [-0.4, -0.2) is 19.0 Å². The Morgan fingerprint density at radius 1 is 1.29 bits per heavy atom. The fourth-order valence-electron chi connectivity index (χ4n) is 2.23. The van der Waals surface area contributed by atoms with Crippen molar-refractivity contribution in [3.8, 4) is 6.07 Å². The number of carbonyl (C=O) groups excluding carboxylic acids is 2. The molecule has 1 atom stereocenters. The summed E-state index contributed by atoms with van der Waals surface area (Å²) in [5.41, 5.74) is 1.59. The number of aryl methyl sites for hydroxylation is 1. The van der Waals surface area contributed by atoms with Crippen LogP contribution < -0.4 is 5.32 Å². The fraction of sp³-hybridized carbons (Fsp3) is 0.278. The van der Waals surface area contributed by atoms with Crippen molar-refractivity contribution in [3.05, 3.63) is 57.8 Å². The first kappa shape index (κ1) is 17.7. The fourth-order valence-corrected chi connectivity index (χ4v) is 3.01. The van der Waals surface area contributed by atoms with Crippen molar-refractivity contribution in [2.24, 2.45) is 0 Å². The molecule has 6 heteroatoms. The van der Waals surface area contributed by atoms with Gasteiger partial charge in [-0.1, -0.05) is 18.2 Å². The summed E-state index contributed by atoms with van der Waals surface area (Å²) in [6, 6.07) is 12.6. The molecule has 124 valence electrons. The number of esters is 1. The molecular formula is C18H18N2O3S. The summed E-state index contributed by atoms with van der Waals surface area (Å²) in [7, 11) is 1.33. The molecular weight excluding hydrogens is 324 g/mol. The Balaban J connectivity index is 1.92. The van der Waals surface area contributed by atoms with Crippen LogP contribution in [0.25, 0.3) is 0 Å². The number of carbonyl (C=O) groups is 2. The number of benzene rings is 1. The predicted octanol–water partition coefficient (Wildman–Crippen LogP) is 2.97. The first-order valence-electron chi connectivity index (χ1n) is 7.51. The largest absolute Gasteiger partial charge is 0.469 e. The van der Waals surface area contributed by atoms with Crippen molar-refractivity contribution < 1.29 is 14.3 Å². The number of nitrogens with zero attached hydrogens (tertiary/aromatic N) is 1. The van der Waals surface area contributed by atoms with Gasteiger partial charge in [0.1, 0.15) is 0 Å². The van der Waals surface area contributed by atoms with Gasteiger partial charge in [0, 0.05) is 11.3 Å². The number of thiophene rings is 1. The zero-order chi connectivity index (χ0) is 17.4. The monoisotopic (exact) mass is 342 g/mol. The Labute approximate surface area is 144 Å². The van der Waals surface area contributed by atoms with Crippen molar-refractivity contribution in [2.75, 3.05) is 7.11 Å². The molecule has 0 aliphatic rings. The number of hydrogen-bond donors (Lipinski definition) is 1. The van der Waals surface area contributed by atoms with Crippen LogP contribution in [0.15, 0.2) is 41.8 Å². The summed E-state index contributed by atoms with van der Waals surface area (Å²) < 4.78 is 4.70. The van der Waals surface area contributed by atoms with Gasteiger partial charge in [0.05, 0.1) is 31.2 Å². The molecule has 1 aromatic carbocycles. The highest BCUT2D eigenvalue weighted by Gasteiger charge is 2.19. The van der Waals surface area contributed by atoms with Crippen molar-refractivity contribution >= 4 is 23.2 Å². The zero-order valence-electron chi connectivity index (χ0n) is 13.3. The minimum atomic E-state index is -0.370. The average Bonchev–Trinajstić information content (AvgIpc) is 3.14. The minimum absolute atomic E-state index is 0.111. The molecule has 1 unspecified atom stereocenters. The van der Waals surface area contributed by atoms with Crippen LogP contribution in [-0.2, 0) is 20.7 Å². The number of ether oxygens (including phenoxy) is 1. The Bertz CT molecular complexity index is 718. The predicted molar refractivity (Wildman–Crippen MR) is 91.3 cm³/mol. The maximum Gasteiger partial charge on any atom is 0.307 e. The van der Waals surface area contributed by atoms with Gasteiger partial charge in [0.15, 0.2) is 0 Å². The molecule has 0 radical (unpaired) electrons. The summed E-state index contributed by atoms with van der Waals surface area (Å²) in [4.78, 5) is 24.7. The van der Waals surface area contributed by atoms with Gasteiger partial charge < -0.3 is 10.1 Å². The molecule has 2 rings (SSSR count). The maximum absolute atomic E-state index is 12.2. The zero-order valence-corrected chi connectivity index (χ0v) is 14.1. The van der Waals surface area contributed by atoms with Crippen molar-refractivity contribution in [1.29, 1.82) is 5.26 Å². The molecule has 0 saturated carbocycles. The Kier molecular flexibility index (Phi) is 6.52. The standard InChI is InChI=1S/C18H18N2O3S/c1-23-18(22)11-15(16-3-2-10-24-16)20-17(21)9-8-13-4-6-14(12-19)7-5-13/h2-7,10,15H,8-9,11H2,1H3,(H,20,21). The lowest BCUT2D eigenvalue weighted by molar-refractivity contribution is -0.141. The highest BCUT2D eigenvalue weighted by Crippen LogP contribution is 2.22. The van der Waals surface area contributed by atoms with Crippen LogP contribution in [0.2, 0.25) is 0 Å². The number of hydrogen-bond acceptors (Lipinski definition) is 5. The second kappa shape index (κ2) is 8.85. The third kappa shape index (κ3) is 5.21. The highest BCUT2D eigenvalue weighted by molar-refractivity contribution is 7.10. The Morgan fingerprint density at radius 3 is 2.62 bits per heavy atom. The van der Waals surface area contributed by atoms with Crippen LogP contribution >= 0.6 is 11.3 Å². The van der Waals surface area contributed by atoms with Crippen molar-refractivity contribution in [1.82, 2.24) is 5.32 Å². The number of nitrogens with one attached hydrogen (secondary N) is 1. The van der Waals surface area contributed by atoms with E-state index in [0.29, 0.717) is 18.4 Å². The van der Waals surface area contributed by atoms with Gasteiger partial charge in [0.25, 0.3) is 0 Å². The molecule has 0 aliphatic carbocycles. The molecule has 0 fully saturated rings. The van der Waals surface area contributed by atoms with Crippen LogP contribution in [0.5, 0.6) is 0 Å². The van der Waals surface area contributed by atoms with E-state index in [1.54, 1.807) is 12.1 Å². The number of methoxy groups -OCH3 is 1. The normalized spacial score (nSPS) is 11.3. The summed E-state index contributed by atoms with van der Waals surface area (Å²) in [6.45, 7) is 0. The Hall–Kier alpha value is -2.65. The van der Waals surface area contributed by atoms with E-state index in [2.05, 4.69) is 11.4 Å². The van der Waals surface area contributed by atoms with Crippen molar-refractivity contribution in [2.45, 2.75) is 25.3 Å². The van der Waals surface area contributed by atoms with Gasteiger partial charge in [0.2, 0.25) is 5.91 Å². The van der Waals surface area contributed by atoms with E-state index in [0.717, 1.165) is 10.4 Å². The molecule has 0 spiro atoms. The Morgan fingerprint density at radius 2 is 2.04 bits per heavy atom. The smallest absolute Gasteiger partial charge is 0.307 e. The SMILES string of the molecule is COC(=O)CC(NC(=O)CCc1ccc(C#N)cc1)c1cccs1. The molecule has 1 heterocycles. The summed E-state index contributed by atoms with van der Waals surface area (Å²) in [6.07, 6.45) is 1.00. The van der Waals surface area contributed by atoms with Crippen LogP contribution in [0, 0.1) is 11.3 Å². The van der Waals surface area contributed by atoms with E-state index < -0.39 is 0 Å². The topological polar surface area (TPSA) is 79.2 Å². The van der Waals surface area contributed by atoms with Gasteiger partial charge >= 0.3 is 5.97 Å². The number of amides is 1. The third-order valence-electron chi connectivity index (χ3n) is 3.54. The molecule has 1 aromatic heterocycles. The van der Waals surface area contributed by atoms with E-state index in [1.165, 1.54) is 18.4 Å². The number of nitriles is 1. The average molecular weight is 342 g/mol. The van der Waals surface area contributed by atoms with Gasteiger partial charge in [-0.25, -0.2) is 0 Å². The van der Waals surface area contributed by atoms with Gasteiger partial charge in [-0.15, -0.1) is 11.3 Å². The second-order valence-corrected chi connectivity index (χ2v) is 6.20. The summed E-state index contributed by atoms with van der Waals surface area (Å²) in [5.74, 6) is -0.484. The van der Waals surface area contributed by atoms with Gasteiger partial charge in [-0.2, -0.15) is 5.26 Å². The molecule has 1 amide bonds. The quantitative estimate of drug-likeness (QED) is 0.785. The van der Waals surface area contributed by atoms with E-state index in [-0.39, 0.29) is 24.3 Å². The van der Waals surface area contributed by atoms with Crippen molar-refractivity contribution in [3.63, 3.8) is 0 Å².